The number of hydrogen-bond acceptors (Lipinski definition) is 1. The van der Waals surface area contributed by atoms with Crippen LogP contribution in [0.5, 0.6) is 5.75 Å². The largest absolute Gasteiger partial charge is 0.429 e. The van der Waals surface area contributed by atoms with E-state index >= 15 is 0 Å². The van der Waals surface area contributed by atoms with Crippen LogP contribution in [0, 0.1) is 13.8 Å². The Kier molecular flexibility index (Phi) is 5.36. The van der Waals surface area contributed by atoms with Crippen molar-refractivity contribution < 1.29 is 13.5 Å². The van der Waals surface area contributed by atoms with E-state index in [1.54, 1.807) is 24.3 Å². The molecule has 0 radical (unpaired) electrons. The highest BCUT2D eigenvalue weighted by Gasteiger charge is 2.34. The van der Waals surface area contributed by atoms with Crippen molar-refractivity contribution in [2.75, 3.05) is 0 Å². The number of ether oxygens (including phenoxy) is 1. The molecule has 0 aliphatic heterocycles. The van der Waals surface area contributed by atoms with E-state index in [-0.39, 0.29) is 11.3 Å². The first-order chi connectivity index (χ1) is 12.4. The third kappa shape index (κ3) is 4.69. The topological polar surface area (TPSA) is 9.23 Å². The average molecular weight is 352 g/mol. The zero-order valence-corrected chi connectivity index (χ0v) is 15.0. The Bertz CT molecular complexity index is 835. The summed E-state index contributed by atoms with van der Waals surface area (Å²) in [6, 6.07) is 21.4. The molecule has 0 spiro atoms. The van der Waals surface area contributed by atoms with Gasteiger partial charge in [0.05, 0.1) is 5.56 Å². The Labute approximate surface area is 153 Å². The van der Waals surface area contributed by atoms with Gasteiger partial charge < -0.3 is 4.74 Å². The van der Waals surface area contributed by atoms with Gasteiger partial charge in [0.25, 0.3) is 0 Å². The first-order valence-corrected chi connectivity index (χ1v) is 8.71. The number of aryl methyl sites for hydroxylation is 4. The molecule has 0 aromatic heterocycles. The summed E-state index contributed by atoms with van der Waals surface area (Å²) in [6.45, 7) is 3.92. The molecule has 0 aliphatic rings. The minimum absolute atomic E-state index is 0.147. The molecule has 0 unspecified atom stereocenters. The minimum Gasteiger partial charge on any atom is -0.429 e. The van der Waals surface area contributed by atoms with Gasteiger partial charge in [-0.05, 0) is 62.1 Å². The van der Waals surface area contributed by atoms with Gasteiger partial charge in [0.15, 0.2) is 0 Å². The average Bonchev–Trinajstić information content (AvgIpc) is 2.62. The number of benzene rings is 3. The van der Waals surface area contributed by atoms with Gasteiger partial charge >= 0.3 is 6.11 Å². The zero-order chi connectivity index (χ0) is 18.6. The van der Waals surface area contributed by atoms with Crippen LogP contribution in [-0.2, 0) is 19.0 Å². The molecular weight excluding hydrogens is 330 g/mol. The molecule has 0 heterocycles. The van der Waals surface area contributed by atoms with Crippen molar-refractivity contribution >= 4 is 0 Å². The molecule has 1 nitrogen and oxygen atoms in total. The van der Waals surface area contributed by atoms with Crippen LogP contribution in [0.2, 0.25) is 0 Å². The summed E-state index contributed by atoms with van der Waals surface area (Å²) >= 11 is 0. The number of alkyl halides is 2. The summed E-state index contributed by atoms with van der Waals surface area (Å²) in [5, 5.41) is 0. The summed E-state index contributed by atoms with van der Waals surface area (Å²) in [6.07, 6.45) is -1.57. The molecule has 3 rings (SSSR count). The van der Waals surface area contributed by atoms with Crippen LogP contribution in [0.25, 0.3) is 0 Å². The summed E-state index contributed by atoms with van der Waals surface area (Å²) in [5.41, 5.74) is 4.39. The van der Waals surface area contributed by atoms with Crippen molar-refractivity contribution in [2.45, 2.75) is 32.8 Å². The van der Waals surface area contributed by atoms with Crippen molar-refractivity contribution in [3.05, 3.63) is 101 Å². The smallest absolute Gasteiger partial charge is 0.426 e. The Morgan fingerprint density at radius 1 is 0.654 bits per heavy atom. The molecule has 3 aromatic carbocycles. The van der Waals surface area contributed by atoms with Crippen LogP contribution < -0.4 is 4.74 Å². The fourth-order valence-corrected chi connectivity index (χ4v) is 2.72. The maximum atomic E-state index is 14.3. The Morgan fingerprint density at radius 2 is 1.08 bits per heavy atom. The van der Waals surface area contributed by atoms with Crippen LogP contribution >= 0.6 is 0 Å². The lowest BCUT2D eigenvalue weighted by Crippen LogP contribution is -2.21. The van der Waals surface area contributed by atoms with E-state index in [2.05, 4.69) is 31.2 Å². The lowest BCUT2D eigenvalue weighted by Gasteiger charge is -2.18. The van der Waals surface area contributed by atoms with Crippen molar-refractivity contribution in [2.24, 2.45) is 0 Å². The van der Waals surface area contributed by atoms with E-state index in [0.717, 1.165) is 24.0 Å². The molecule has 3 heteroatoms. The third-order valence-electron chi connectivity index (χ3n) is 4.38. The van der Waals surface area contributed by atoms with Crippen LogP contribution in [0.4, 0.5) is 8.78 Å². The fraction of sp³-hybridized carbons (Fsp3) is 0.217. The second-order valence-corrected chi connectivity index (χ2v) is 6.61. The lowest BCUT2D eigenvalue weighted by molar-refractivity contribution is -0.185. The van der Waals surface area contributed by atoms with Gasteiger partial charge in [-0.25, -0.2) is 0 Å². The Hall–Kier alpha value is -2.68. The predicted molar refractivity (Wildman–Crippen MR) is 101 cm³/mol. The van der Waals surface area contributed by atoms with Crippen LogP contribution in [-0.4, -0.2) is 0 Å². The first-order valence-electron chi connectivity index (χ1n) is 8.71. The summed E-state index contributed by atoms with van der Waals surface area (Å²) in [5.74, 6) is 0.162. The van der Waals surface area contributed by atoms with E-state index in [9.17, 15) is 8.78 Å². The van der Waals surface area contributed by atoms with Crippen molar-refractivity contribution in [1.29, 1.82) is 0 Å². The predicted octanol–water partition coefficient (Wildman–Crippen LogP) is 6.22. The van der Waals surface area contributed by atoms with Crippen LogP contribution in [0.3, 0.4) is 0 Å². The second kappa shape index (κ2) is 7.69. The molecule has 0 saturated carbocycles. The SMILES string of the molecule is Cc1ccc(CCc2ccc(OC(F)(F)c3ccc(C)cc3)cc2)cc1. The Balaban J connectivity index is 1.61. The van der Waals surface area contributed by atoms with Gasteiger partial charge in [0.2, 0.25) is 0 Å². The highest BCUT2D eigenvalue weighted by Crippen LogP contribution is 2.31. The van der Waals surface area contributed by atoms with Gasteiger partial charge in [-0.15, -0.1) is 0 Å². The molecule has 0 N–H and O–H groups in total. The highest BCUT2D eigenvalue weighted by atomic mass is 19.3. The molecule has 134 valence electrons. The molecule has 0 saturated heterocycles. The van der Waals surface area contributed by atoms with E-state index < -0.39 is 6.11 Å². The fourth-order valence-electron chi connectivity index (χ4n) is 2.72. The quantitative estimate of drug-likeness (QED) is 0.512. The van der Waals surface area contributed by atoms with Crippen LogP contribution in [0.15, 0.2) is 72.8 Å². The number of hydrogen-bond donors (Lipinski definition) is 0. The monoisotopic (exact) mass is 352 g/mol. The molecule has 0 aliphatic carbocycles. The van der Waals surface area contributed by atoms with E-state index in [1.165, 1.54) is 23.3 Å². The Morgan fingerprint density at radius 3 is 1.58 bits per heavy atom. The minimum atomic E-state index is -3.35. The molecule has 3 aromatic rings. The molecular formula is C23H22F2O. The summed E-state index contributed by atoms with van der Waals surface area (Å²) in [4.78, 5) is 0. The number of rotatable bonds is 6. The third-order valence-corrected chi connectivity index (χ3v) is 4.38. The van der Waals surface area contributed by atoms with Gasteiger partial charge in [0, 0.05) is 0 Å². The van der Waals surface area contributed by atoms with Crippen LogP contribution in [0.1, 0.15) is 27.8 Å². The summed E-state index contributed by atoms with van der Waals surface area (Å²) < 4.78 is 33.4. The van der Waals surface area contributed by atoms with Crippen molar-refractivity contribution in [3.63, 3.8) is 0 Å². The standard InChI is InChI=1S/C23H22F2O/c1-17-3-7-19(8-4-17)9-10-20-11-15-22(16-12-20)26-23(24,25)21-13-5-18(2)6-14-21/h3-8,11-16H,9-10H2,1-2H3. The molecule has 0 fully saturated rings. The van der Waals surface area contributed by atoms with Crippen molar-refractivity contribution in [3.8, 4) is 5.75 Å². The molecule has 0 atom stereocenters. The van der Waals surface area contributed by atoms with Crippen molar-refractivity contribution in [1.82, 2.24) is 0 Å². The summed E-state index contributed by atoms with van der Waals surface area (Å²) in [7, 11) is 0. The van der Waals surface area contributed by atoms with E-state index in [1.807, 2.05) is 19.1 Å². The second-order valence-electron chi connectivity index (χ2n) is 6.61. The lowest BCUT2D eigenvalue weighted by atomic mass is 10.0. The van der Waals surface area contributed by atoms with E-state index in [0.29, 0.717) is 0 Å². The normalized spacial score (nSPS) is 11.4. The molecule has 26 heavy (non-hydrogen) atoms. The first kappa shape index (κ1) is 18.1. The van der Waals surface area contributed by atoms with Gasteiger partial charge in [-0.2, -0.15) is 8.78 Å². The van der Waals surface area contributed by atoms with Gasteiger partial charge in [-0.1, -0.05) is 59.7 Å². The molecule has 0 amide bonds. The maximum Gasteiger partial charge on any atom is 0.426 e. The molecule has 0 bridgehead atoms. The van der Waals surface area contributed by atoms with Gasteiger partial charge in [0.1, 0.15) is 5.75 Å². The van der Waals surface area contributed by atoms with E-state index in [4.69, 9.17) is 4.74 Å². The number of halogens is 2. The highest BCUT2D eigenvalue weighted by molar-refractivity contribution is 5.31. The zero-order valence-electron chi connectivity index (χ0n) is 15.0. The maximum absolute atomic E-state index is 14.3. The van der Waals surface area contributed by atoms with Gasteiger partial charge in [-0.3, -0.25) is 0 Å².